The molecule has 0 unspecified atom stereocenters. The standard InChI is InChI=1S/C22H23NO3/c1-14-5-7-16(3)19(11-14)23-22(24)20-10-9-18(26-20)13-25-21-12-15(2)6-8-17(21)4/h5-12H,13H2,1-4H3,(H,23,24). The molecule has 0 saturated carbocycles. The molecule has 0 aliphatic carbocycles. The predicted molar refractivity (Wildman–Crippen MR) is 103 cm³/mol. The Hall–Kier alpha value is -3.01. The molecule has 1 amide bonds. The normalized spacial score (nSPS) is 10.6. The second-order valence-corrected chi connectivity index (χ2v) is 6.60. The highest BCUT2D eigenvalue weighted by Gasteiger charge is 2.13. The van der Waals surface area contributed by atoms with Crippen molar-refractivity contribution in [1.29, 1.82) is 0 Å². The largest absolute Gasteiger partial charge is 0.485 e. The third kappa shape index (κ3) is 4.14. The van der Waals surface area contributed by atoms with Crippen LogP contribution in [0.15, 0.2) is 52.9 Å². The van der Waals surface area contributed by atoms with E-state index in [1.807, 2.05) is 64.1 Å². The van der Waals surface area contributed by atoms with Crippen LogP contribution in [-0.2, 0) is 6.61 Å². The summed E-state index contributed by atoms with van der Waals surface area (Å²) >= 11 is 0. The van der Waals surface area contributed by atoms with E-state index in [1.165, 1.54) is 0 Å². The number of benzene rings is 2. The molecule has 3 aromatic rings. The predicted octanol–water partition coefficient (Wildman–Crippen LogP) is 5.34. The SMILES string of the molecule is Cc1ccc(C)c(NC(=O)c2ccc(COc3cc(C)ccc3C)o2)c1. The van der Waals surface area contributed by atoms with E-state index in [9.17, 15) is 4.79 Å². The summed E-state index contributed by atoms with van der Waals surface area (Å²) in [5.41, 5.74) is 5.09. The highest BCUT2D eigenvalue weighted by Crippen LogP contribution is 2.22. The van der Waals surface area contributed by atoms with E-state index in [2.05, 4.69) is 5.32 Å². The molecule has 0 fully saturated rings. The fraction of sp³-hybridized carbons (Fsp3) is 0.227. The van der Waals surface area contributed by atoms with Crippen LogP contribution in [0.3, 0.4) is 0 Å². The van der Waals surface area contributed by atoms with Crippen molar-refractivity contribution in [3.8, 4) is 5.75 Å². The van der Waals surface area contributed by atoms with E-state index in [0.29, 0.717) is 5.76 Å². The Bertz CT molecular complexity index is 940. The van der Waals surface area contributed by atoms with Gasteiger partial charge < -0.3 is 14.5 Å². The first-order valence-electron chi connectivity index (χ1n) is 8.60. The van der Waals surface area contributed by atoms with Gasteiger partial charge in [0.15, 0.2) is 5.76 Å². The van der Waals surface area contributed by atoms with Crippen molar-refractivity contribution in [2.45, 2.75) is 34.3 Å². The Labute approximate surface area is 153 Å². The second kappa shape index (κ2) is 7.48. The van der Waals surface area contributed by atoms with Gasteiger partial charge >= 0.3 is 0 Å². The summed E-state index contributed by atoms with van der Waals surface area (Å²) in [7, 11) is 0. The van der Waals surface area contributed by atoms with Gasteiger partial charge in [-0.15, -0.1) is 0 Å². The summed E-state index contributed by atoms with van der Waals surface area (Å²) in [6.45, 7) is 8.25. The van der Waals surface area contributed by atoms with Crippen molar-refractivity contribution in [3.05, 3.63) is 82.3 Å². The summed E-state index contributed by atoms with van der Waals surface area (Å²) < 4.78 is 11.5. The van der Waals surface area contributed by atoms with Gasteiger partial charge in [0.05, 0.1) is 0 Å². The smallest absolute Gasteiger partial charge is 0.291 e. The molecular formula is C22H23NO3. The zero-order valence-corrected chi connectivity index (χ0v) is 15.6. The van der Waals surface area contributed by atoms with E-state index in [1.54, 1.807) is 12.1 Å². The van der Waals surface area contributed by atoms with Gasteiger partial charge in [-0.05, 0) is 74.2 Å². The van der Waals surface area contributed by atoms with Crippen LogP contribution in [0.2, 0.25) is 0 Å². The summed E-state index contributed by atoms with van der Waals surface area (Å²) in [5, 5.41) is 2.90. The van der Waals surface area contributed by atoms with Crippen molar-refractivity contribution in [2.24, 2.45) is 0 Å². The molecule has 1 N–H and O–H groups in total. The minimum Gasteiger partial charge on any atom is -0.485 e. The molecule has 0 aliphatic heterocycles. The topological polar surface area (TPSA) is 51.5 Å². The number of aryl methyl sites for hydroxylation is 4. The minimum atomic E-state index is -0.267. The van der Waals surface area contributed by atoms with Crippen molar-refractivity contribution >= 4 is 11.6 Å². The number of hydrogen-bond acceptors (Lipinski definition) is 3. The molecule has 26 heavy (non-hydrogen) atoms. The van der Waals surface area contributed by atoms with Crippen LogP contribution in [0.1, 0.15) is 38.6 Å². The maximum absolute atomic E-state index is 12.4. The number of ether oxygens (including phenoxy) is 1. The molecule has 0 atom stereocenters. The van der Waals surface area contributed by atoms with Crippen LogP contribution in [-0.4, -0.2) is 5.91 Å². The highest BCUT2D eigenvalue weighted by molar-refractivity contribution is 6.02. The molecule has 0 saturated heterocycles. The molecule has 1 aromatic heterocycles. The van der Waals surface area contributed by atoms with Gasteiger partial charge in [0.25, 0.3) is 5.91 Å². The second-order valence-electron chi connectivity index (χ2n) is 6.60. The molecule has 0 spiro atoms. The lowest BCUT2D eigenvalue weighted by molar-refractivity contribution is 0.0992. The lowest BCUT2D eigenvalue weighted by atomic mass is 10.1. The summed E-state index contributed by atoms with van der Waals surface area (Å²) in [5.74, 6) is 1.43. The summed E-state index contributed by atoms with van der Waals surface area (Å²) in [6, 6.07) is 15.4. The Balaban J connectivity index is 1.66. The van der Waals surface area contributed by atoms with E-state index in [-0.39, 0.29) is 18.3 Å². The van der Waals surface area contributed by atoms with E-state index < -0.39 is 0 Å². The molecule has 1 heterocycles. The number of carbonyl (C=O) groups is 1. The maximum Gasteiger partial charge on any atom is 0.291 e. The minimum absolute atomic E-state index is 0.267. The van der Waals surface area contributed by atoms with Gasteiger partial charge in [0, 0.05) is 5.69 Å². The van der Waals surface area contributed by atoms with Crippen molar-refractivity contribution in [3.63, 3.8) is 0 Å². The fourth-order valence-corrected chi connectivity index (χ4v) is 2.64. The zero-order valence-electron chi connectivity index (χ0n) is 15.6. The average Bonchev–Trinajstić information content (AvgIpc) is 3.08. The lowest BCUT2D eigenvalue weighted by Crippen LogP contribution is -2.12. The number of furan rings is 1. The summed E-state index contributed by atoms with van der Waals surface area (Å²) in [4.78, 5) is 12.4. The van der Waals surface area contributed by atoms with Crippen molar-refractivity contribution < 1.29 is 13.9 Å². The third-order valence-electron chi connectivity index (χ3n) is 4.24. The fourth-order valence-electron chi connectivity index (χ4n) is 2.64. The number of hydrogen-bond donors (Lipinski definition) is 1. The van der Waals surface area contributed by atoms with Crippen molar-refractivity contribution in [1.82, 2.24) is 0 Å². The highest BCUT2D eigenvalue weighted by atomic mass is 16.5. The molecule has 2 aromatic carbocycles. The van der Waals surface area contributed by atoms with Crippen molar-refractivity contribution in [2.75, 3.05) is 5.32 Å². The number of anilines is 1. The van der Waals surface area contributed by atoms with Crippen LogP contribution in [0.5, 0.6) is 5.75 Å². The molecule has 0 aliphatic rings. The number of amides is 1. The van der Waals surface area contributed by atoms with Gasteiger partial charge in [-0.2, -0.15) is 0 Å². The Morgan fingerprint density at radius 1 is 0.923 bits per heavy atom. The molecule has 4 nitrogen and oxygen atoms in total. The molecular weight excluding hydrogens is 326 g/mol. The quantitative estimate of drug-likeness (QED) is 0.676. The van der Waals surface area contributed by atoms with Gasteiger partial charge in [0.1, 0.15) is 18.1 Å². The Morgan fingerprint density at radius 3 is 2.38 bits per heavy atom. The van der Waals surface area contributed by atoms with Gasteiger partial charge in [0.2, 0.25) is 0 Å². The van der Waals surface area contributed by atoms with Crippen LogP contribution >= 0.6 is 0 Å². The molecule has 0 radical (unpaired) electrons. The first-order chi connectivity index (χ1) is 12.4. The number of rotatable bonds is 5. The molecule has 3 rings (SSSR count). The van der Waals surface area contributed by atoms with E-state index in [4.69, 9.17) is 9.15 Å². The van der Waals surface area contributed by atoms with E-state index in [0.717, 1.165) is 33.7 Å². The first-order valence-corrected chi connectivity index (χ1v) is 8.60. The van der Waals surface area contributed by atoms with Crippen LogP contribution in [0, 0.1) is 27.7 Å². The van der Waals surface area contributed by atoms with Crippen LogP contribution in [0.4, 0.5) is 5.69 Å². The molecule has 134 valence electrons. The Kier molecular flexibility index (Phi) is 5.12. The van der Waals surface area contributed by atoms with Gasteiger partial charge in [-0.3, -0.25) is 4.79 Å². The van der Waals surface area contributed by atoms with Gasteiger partial charge in [-0.1, -0.05) is 24.3 Å². The van der Waals surface area contributed by atoms with Crippen LogP contribution < -0.4 is 10.1 Å². The average molecular weight is 349 g/mol. The van der Waals surface area contributed by atoms with E-state index >= 15 is 0 Å². The monoisotopic (exact) mass is 349 g/mol. The third-order valence-corrected chi connectivity index (χ3v) is 4.24. The summed E-state index contributed by atoms with van der Waals surface area (Å²) in [6.07, 6.45) is 0. The lowest BCUT2D eigenvalue weighted by Gasteiger charge is -2.09. The van der Waals surface area contributed by atoms with Crippen LogP contribution in [0.25, 0.3) is 0 Å². The molecule has 4 heteroatoms. The molecule has 0 bridgehead atoms. The maximum atomic E-state index is 12.4. The number of nitrogens with one attached hydrogen (secondary N) is 1. The number of carbonyl (C=O) groups excluding carboxylic acids is 1. The first kappa shape index (κ1) is 17.8. The zero-order chi connectivity index (χ0) is 18.7. The van der Waals surface area contributed by atoms with Gasteiger partial charge in [-0.25, -0.2) is 0 Å². The Morgan fingerprint density at radius 2 is 1.62 bits per heavy atom.